The van der Waals surface area contributed by atoms with Crippen LogP contribution in [0.25, 0.3) is 0 Å². The fraction of sp³-hybridized carbons (Fsp3) is 0.263. The van der Waals surface area contributed by atoms with Gasteiger partial charge in [0.15, 0.2) is 0 Å². The van der Waals surface area contributed by atoms with Gasteiger partial charge in [-0.25, -0.2) is 0 Å². The summed E-state index contributed by atoms with van der Waals surface area (Å²) in [7, 11) is 0. The van der Waals surface area contributed by atoms with E-state index in [0.29, 0.717) is 22.1 Å². The standard InChI is InChI=1S/C19H21NO3S/c1-12(2)24-17-7-5-4-6-16(17)18(21)20-15-10-8-14(9-11-15)13(3)19(22)23/h4-13H,1-3H3,(H,20,21)(H,22,23). The van der Waals surface area contributed by atoms with Gasteiger partial charge < -0.3 is 10.4 Å². The van der Waals surface area contributed by atoms with Gasteiger partial charge in [-0.2, -0.15) is 0 Å². The highest BCUT2D eigenvalue weighted by atomic mass is 32.2. The monoisotopic (exact) mass is 343 g/mol. The van der Waals surface area contributed by atoms with E-state index in [-0.39, 0.29) is 5.91 Å². The Labute approximate surface area is 146 Å². The number of thioether (sulfide) groups is 1. The minimum Gasteiger partial charge on any atom is -0.481 e. The summed E-state index contributed by atoms with van der Waals surface area (Å²) >= 11 is 1.65. The van der Waals surface area contributed by atoms with Crippen LogP contribution in [0.15, 0.2) is 53.4 Å². The second-order valence-corrected chi connectivity index (χ2v) is 7.42. The molecule has 5 heteroatoms. The van der Waals surface area contributed by atoms with Crippen LogP contribution in [0, 0.1) is 0 Å². The van der Waals surface area contributed by atoms with Crippen molar-refractivity contribution in [3.05, 3.63) is 59.7 Å². The van der Waals surface area contributed by atoms with Gasteiger partial charge in [0.25, 0.3) is 5.91 Å². The van der Waals surface area contributed by atoms with Crippen molar-refractivity contribution in [1.82, 2.24) is 0 Å². The molecule has 0 aliphatic carbocycles. The molecule has 0 spiro atoms. The summed E-state index contributed by atoms with van der Waals surface area (Å²) in [5.41, 5.74) is 1.99. The summed E-state index contributed by atoms with van der Waals surface area (Å²) in [4.78, 5) is 24.5. The smallest absolute Gasteiger partial charge is 0.310 e. The highest BCUT2D eigenvalue weighted by molar-refractivity contribution is 8.00. The van der Waals surface area contributed by atoms with Crippen LogP contribution < -0.4 is 5.32 Å². The highest BCUT2D eigenvalue weighted by Crippen LogP contribution is 2.27. The molecule has 0 aliphatic heterocycles. The maximum atomic E-state index is 12.5. The van der Waals surface area contributed by atoms with Crippen molar-refractivity contribution in [2.24, 2.45) is 0 Å². The summed E-state index contributed by atoms with van der Waals surface area (Å²) in [6, 6.07) is 14.4. The van der Waals surface area contributed by atoms with E-state index in [9.17, 15) is 9.59 Å². The Morgan fingerprint density at radius 2 is 1.62 bits per heavy atom. The molecule has 0 fully saturated rings. The molecular formula is C19H21NO3S. The molecule has 1 amide bonds. The van der Waals surface area contributed by atoms with Crippen molar-refractivity contribution in [3.8, 4) is 0 Å². The van der Waals surface area contributed by atoms with Gasteiger partial charge in [0.1, 0.15) is 0 Å². The maximum Gasteiger partial charge on any atom is 0.310 e. The molecule has 2 aromatic rings. The number of carboxylic acid groups (broad SMARTS) is 1. The van der Waals surface area contributed by atoms with Crippen LogP contribution in [0.4, 0.5) is 5.69 Å². The van der Waals surface area contributed by atoms with E-state index in [1.54, 1.807) is 49.0 Å². The van der Waals surface area contributed by atoms with E-state index in [0.717, 1.165) is 4.90 Å². The number of anilines is 1. The van der Waals surface area contributed by atoms with Crippen LogP contribution >= 0.6 is 11.8 Å². The number of carboxylic acids is 1. The van der Waals surface area contributed by atoms with Crippen LogP contribution in [0.3, 0.4) is 0 Å². The van der Waals surface area contributed by atoms with E-state index in [2.05, 4.69) is 19.2 Å². The Morgan fingerprint density at radius 3 is 2.21 bits per heavy atom. The van der Waals surface area contributed by atoms with E-state index < -0.39 is 11.9 Å². The SMILES string of the molecule is CC(C)Sc1ccccc1C(=O)Nc1ccc(C(C)C(=O)O)cc1. The Morgan fingerprint density at radius 1 is 1.00 bits per heavy atom. The zero-order chi connectivity index (χ0) is 17.7. The zero-order valence-corrected chi connectivity index (χ0v) is 14.8. The van der Waals surface area contributed by atoms with Crippen molar-refractivity contribution in [2.75, 3.05) is 5.32 Å². The Bertz CT molecular complexity index is 726. The van der Waals surface area contributed by atoms with Gasteiger partial charge in [0, 0.05) is 15.8 Å². The van der Waals surface area contributed by atoms with Gasteiger partial charge in [-0.1, -0.05) is 38.1 Å². The number of carbonyl (C=O) groups is 2. The Kier molecular flexibility index (Phi) is 6.04. The zero-order valence-electron chi connectivity index (χ0n) is 13.9. The summed E-state index contributed by atoms with van der Waals surface area (Å²) in [5, 5.41) is 12.3. The topological polar surface area (TPSA) is 66.4 Å². The van der Waals surface area contributed by atoms with Gasteiger partial charge in [0.05, 0.1) is 11.5 Å². The number of aliphatic carboxylic acids is 1. The first kappa shape index (κ1) is 18.1. The molecule has 2 aromatic carbocycles. The van der Waals surface area contributed by atoms with Crippen molar-refractivity contribution in [3.63, 3.8) is 0 Å². The minimum absolute atomic E-state index is 0.169. The van der Waals surface area contributed by atoms with Crippen LogP contribution in [-0.2, 0) is 4.79 Å². The van der Waals surface area contributed by atoms with E-state index >= 15 is 0 Å². The first-order valence-corrected chi connectivity index (χ1v) is 8.66. The fourth-order valence-electron chi connectivity index (χ4n) is 2.21. The lowest BCUT2D eigenvalue weighted by Gasteiger charge is -2.12. The molecule has 1 atom stereocenters. The van der Waals surface area contributed by atoms with Crippen molar-refractivity contribution in [2.45, 2.75) is 36.8 Å². The number of carbonyl (C=O) groups excluding carboxylic acids is 1. The molecule has 4 nitrogen and oxygen atoms in total. The number of nitrogens with one attached hydrogen (secondary N) is 1. The number of benzene rings is 2. The average Bonchev–Trinajstić information content (AvgIpc) is 2.54. The number of hydrogen-bond donors (Lipinski definition) is 2. The van der Waals surface area contributed by atoms with Crippen LogP contribution in [0.5, 0.6) is 0 Å². The molecule has 126 valence electrons. The molecule has 0 aliphatic rings. The second kappa shape index (κ2) is 8.02. The fourth-order valence-corrected chi connectivity index (χ4v) is 3.16. The number of amides is 1. The number of rotatable bonds is 6. The van der Waals surface area contributed by atoms with Crippen molar-refractivity contribution < 1.29 is 14.7 Å². The Hall–Kier alpha value is -2.27. The molecule has 0 saturated carbocycles. The summed E-state index contributed by atoms with van der Waals surface area (Å²) in [6.45, 7) is 5.80. The van der Waals surface area contributed by atoms with Gasteiger partial charge in [-0.15, -0.1) is 11.8 Å². The first-order valence-electron chi connectivity index (χ1n) is 7.78. The third kappa shape index (κ3) is 4.61. The van der Waals surface area contributed by atoms with E-state index in [4.69, 9.17) is 5.11 Å². The van der Waals surface area contributed by atoms with E-state index in [1.807, 2.05) is 18.2 Å². The second-order valence-electron chi connectivity index (χ2n) is 5.80. The lowest BCUT2D eigenvalue weighted by atomic mass is 10.0. The molecule has 0 aromatic heterocycles. The quantitative estimate of drug-likeness (QED) is 0.751. The minimum atomic E-state index is -0.869. The Balaban J connectivity index is 2.14. The predicted octanol–water partition coefficient (Wildman–Crippen LogP) is 4.63. The maximum absolute atomic E-state index is 12.5. The van der Waals surface area contributed by atoms with E-state index in [1.165, 1.54) is 0 Å². The summed E-state index contributed by atoms with van der Waals surface area (Å²) < 4.78 is 0. The third-order valence-corrected chi connectivity index (χ3v) is 4.61. The molecule has 2 N–H and O–H groups in total. The molecule has 1 unspecified atom stereocenters. The summed E-state index contributed by atoms with van der Waals surface area (Å²) in [5.74, 6) is -1.61. The van der Waals surface area contributed by atoms with Gasteiger partial charge in [0.2, 0.25) is 0 Å². The molecule has 0 heterocycles. The normalized spacial score (nSPS) is 12.0. The molecular weight excluding hydrogens is 322 g/mol. The molecule has 0 bridgehead atoms. The summed E-state index contributed by atoms with van der Waals surface area (Å²) in [6.07, 6.45) is 0. The lowest BCUT2D eigenvalue weighted by Crippen LogP contribution is -2.13. The van der Waals surface area contributed by atoms with Crippen LogP contribution in [0.1, 0.15) is 42.6 Å². The van der Waals surface area contributed by atoms with Crippen LogP contribution in [0.2, 0.25) is 0 Å². The largest absolute Gasteiger partial charge is 0.481 e. The van der Waals surface area contributed by atoms with Crippen LogP contribution in [-0.4, -0.2) is 22.2 Å². The molecule has 2 rings (SSSR count). The first-order chi connectivity index (χ1) is 11.4. The van der Waals surface area contributed by atoms with Gasteiger partial charge >= 0.3 is 5.97 Å². The number of hydrogen-bond acceptors (Lipinski definition) is 3. The molecule has 0 saturated heterocycles. The molecule has 0 radical (unpaired) electrons. The van der Waals surface area contributed by atoms with Crippen molar-refractivity contribution >= 4 is 29.3 Å². The van der Waals surface area contributed by atoms with Crippen molar-refractivity contribution in [1.29, 1.82) is 0 Å². The molecule has 24 heavy (non-hydrogen) atoms. The lowest BCUT2D eigenvalue weighted by molar-refractivity contribution is -0.138. The third-order valence-electron chi connectivity index (χ3n) is 3.53. The van der Waals surface area contributed by atoms with Gasteiger partial charge in [-0.3, -0.25) is 9.59 Å². The van der Waals surface area contributed by atoms with Gasteiger partial charge in [-0.05, 0) is 36.8 Å². The highest BCUT2D eigenvalue weighted by Gasteiger charge is 2.15. The average molecular weight is 343 g/mol. The predicted molar refractivity (Wildman–Crippen MR) is 97.9 cm³/mol.